The molecule has 0 bridgehead atoms. The van der Waals surface area contributed by atoms with Gasteiger partial charge in [0.25, 0.3) is 10.1 Å². The van der Waals surface area contributed by atoms with Gasteiger partial charge >= 0.3 is 6.10 Å². The first-order valence-corrected chi connectivity index (χ1v) is 3.69. The Labute approximate surface area is 56.7 Å². The summed E-state index contributed by atoms with van der Waals surface area (Å²) in [5, 5.41) is 25.3. The standard InChI is InChI=1S/C2H7NO6S/c4-2(5,6)3-1-10(7,8)9/h3-6H,1H2,(H,7,8,9). The Balaban J connectivity index is 3.79. The van der Waals surface area contributed by atoms with Crippen molar-refractivity contribution in [1.29, 1.82) is 0 Å². The second kappa shape index (κ2) is 2.78. The van der Waals surface area contributed by atoms with Gasteiger partial charge in [0.1, 0.15) is 5.88 Å². The number of rotatable bonds is 3. The van der Waals surface area contributed by atoms with E-state index in [1.54, 1.807) is 0 Å². The van der Waals surface area contributed by atoms with E-state index >= 15 is 0 Å². The predicted octanol–water partition coefficient (Wildman–Crippen LogP) is -2.99. The normalized spacial score (nSPS) is 13.6. The first kappa shape index (κ1) is 9.75. The van der Waals surface area contributed by atoms with E-state index in [9.17, 15) is 8.42 Å². The third-order valence-corrected chi connectivity index (χ3v) is 1.00. The van der Waals surface area contributed by atoms with Crippen molar-refractivity contribution >= 4 is 10.1 Å². The average molecular weight is 173 g/mol. The number of hydrogen-bond donors (Lipinski definition) is 5. The van der Waals surface area contributed by atoms with E-state index in [2.05, 4.69) is 0 Å². The fourth-order valence-corrected chi connectivity index (χ4v) is 0.564. The van der Waals surface area contributed by atoms with Gasteiger partial charge in [0.15, 0.2) is 0 Å². The highest BCUT2D eigenvalue weighted by atomic mass is 32.2. The first-order valence-electron chi connectivity index (χ1n) is 2.08. The maximum Gasteiger partial charge on any atom is 0.344 e. The summed E-state index contributed by atoms with van der Waals surface area (Å²) in [5.74, 6) is -1.14. The Morgan fingerprint density at radius 1 is 1.30 bits per heavy atom. The minimum absolute atomic E-state index is 1.14. The third-order valence-electron chi connectivity index (χ3n) is 0.492. The molecule has 10 heavy (non-hydrogen) atoms. The molecule has 0 saturated carbocycles. The van der Waals surface area contributed by atoms with Gasteiger partial charge in [0, 0.05) is 0 Å². The zero-order chi connectivity index (χ0) is 8.41. The molecule has 0 rings (SSSR count). The molecule has 0 atom stereocenters. The fraction of sp³-hybridized carbons (Fsp3) is 1.00. The summed E-state index contributed by atoms with van der Waals surface area (Å²) in [6, 6.07) is 0. The van der Waals surface area contributed by atoms with Crippen LogP contribution in [0.3, 0.4) is 0 Å². The molecule has 62 valence electrons. The van der Waals surface area contributed by atoms with Crippen molar-refractivity contribution in [3.8, 4) is 0 Å². The molecule has 8 heteroatoms. The molecule has 0 spiro atoms. The lowest BCUT2D eigenvalue weighted by Gasteiger charge is -2.13. The largest absolute Gasteiger partial charge is 0.344 e. The van der Waals surface area contributed by atoms with E-state index in [1.165, 1.54) is 5.32 Å². The number of hydrogen-bond acceptors (Lipinski definition) is 6. The van der Waals surface area contributed by atoms with Gasteiger partial charge in [0.05, 0.1) is 0 Å². The average Bonchev–Trinajstić information content (AvgIpc) is 1.57. The quantitative estimate of drug-likeness (QED) is 0.227. The highest BCUT2D eigenvalue weighted by Crippen LogP contribution is 1.86. The molecule has 0 amide bonds. The predicted molar refractivity (Wildman–Crippen MR) is 28.9 cm³/mol. The molecule has 0 radical (unpaired) electrons. The zero-order valence-electron chi connectivity index (χ0n) is 4.72. The maximum absolute atomic E-state index is 9.84. The van der Waals surface area contributed by atoms with Crippen LogP contribution in [0.2, 0.25) is 0 Å². The minimum atomic E-state index is -4.35. The second-order valence-corrected chi connectivity index (χ2v) is 2.99. The molecule has 5 N–H and O–H groups in total. The van der Waals surface area contributed by atoms with Crippen LogP contribution >= 0.6 is 0 Å². The molecule has 0 fully saturated rings. The van der Waals surface area contributed by atoms with E-state index in [4.69, 9.17) is 19.9 Å². The molecule has 0 heterocycles. The molecule has 0 saturated heterocycles. The Kier molecular flexibility index (Phi) is 2.71. The van der Waals surface area contributed by atoms with Gasteiger partial charge in [-0.1, -0.05) is 0 Å². The smallest absolute Gasteiger partial charge is 0.330 e. The number of aliphatic hydroxyl groups is 3. The van der Waals surface area contributed by atoms with Crippen LogP contribution in [-0.2, 0) is 10.1 Å². The summed E-state index contributed by atoms with van der Waals surface area (Å²) >= 11 is 0. The summed E-state index contributed by atoms with van der Waals surface area (Å²) in [7, 11) is -4.35. The van der Waals surface area contributed by atoms with Gasteiger partial charge in [0.2, 0.25) is 0 Å². The van der Waals surface area contributed by atoms with Crippen LogP contribution in [0.5, 0.6) is 0 Å². The molecule has 0 unspecified atom stereocenters. The monoisotopic (exact) mass is 173 g/mol. The SMILES string of the molecule is O=S(=O)(O)CNC(O)(O)O. The van der Waals surface area contributed by atoms with E-state index in [1.807, 2.05) is 0 Å². The molecule has 0 aliphatic carbocycles. The highest BCUT2D eigenvalue weighted by Gasteiger charge is 2.19. The Hall–Kier alpha value is -0.250. The van der Waals surface area contributed by atoms with Crippen LogP contribution in [0.4, 0.5) is 0 Å². The maximum atomic E-state index is 9.84. The van der Waals surface area contributed by atoms with Crippen LogP contribution < -0.4 is 5.32 Å². The van der Waals surface area contributed by atoms with Crippen molar-refractivity contribution in [2.24, 2.45) is 0 Å². The molecular formula is C2H7NO6S. The molecule has 0 aromatic carbocycles. The zero-order valence-corrected chi connectivity index (χ0v) is 5.54. The number of nitrogens with one attached hydrogen (secondary N) is 1. The summed E-state index contributed by atoms with van der Waals surface area (Å²) in [4.78, 5) is 0. The van der Waals surface area contributed by atoms with Gasteiger partial charge in [-0.15, -0.1) is 0 Å². The topological polar surface area (TPSA) is 127 Å². The van der Waals surface area contributed by atoms with Crippen LogP contribution in [-0.4, -0.2) is 40.3 Å². The fourth-order valence-electron chi connectivity index (χ4n) is 0.188. The lowest BCUT2D eigenvalue weighted by molar-refractivity contribution is -0.329. The van der Waals surface area contributed by atoms with E-state index < -0.39 is 22.1 Å². The summed E-state index contributed by atoms with van der Waals surface area (Å²) in [5.41, 5.74) is 0. The summed E-state index contributed by atoms with van der Waals surface area (Å²) < 4.78 is 27.6. The van der Waals surface area contributed by atoms with Gasteiger partial charge in [-0.2, -0.15) is 8.42 Å². The van der Waals surface area contributed by atoms with Gasteiger partial charge in [-0.05, 0) is 0 Å². The van der Waals surface area contributed by atoms with E-state index in [0.29, 0.717) is 0 Å². The van der Waals surface area contributed by atoms with Gasteiger partial charge in [-0.3, -0.25) is 4.55 Å². The van der Waals surface area contributed by atoms with E-state index in [-0.39, 0.29) is 0 Å². The summed E-state index contributed by atoms with van der Waals surface area (Å²) in [6.45, 7) is 0. The Bertz CT molecular complexity index is 188. The second-order valence-electron chi connectivity index (χ2n) is 1.54. The van der Waals surface area contributed by atoms with Crippen molar-refractivity contribution in [2.75, 3.05) is 5.88 Å². The molecule has 7 nitrogen and oxygen atoms in total. The van der Waals surface area contributed by atoms with Crippen molar-refractivity contribution in [1.82, 2.24) is 5.32 Å². The molecule has 0 aromatic heterocycles. The Morgan fingerprint density at radius 3 is 1.80 bits per heavy atom. The lowest BCUT2D eigenvalue weighted by Crippen LogP contribution is -2.46. The molecule has 0 aliphatic rings. The summed E-state index contributed by atoms with van der Waals surface area (Å²) in [6.07, 6.45) is -3.28. The van der Waals surface area contributed by atoms with Crippen LogP contribution in [0.1, 0.15) is 0 Å². The first-order chi connectivity index (χ1) is 4.21. The van der Waals surface area contributed by atoms with Crippen LogP contribution in [0, 0.1) is 0 Å². The minimum Gasteiger partial charge on any atom is -0.330 e. The van der Waals surface area contributed by atoms with Crippen LogP contribution in [0.25, 0.3) is 0 Å². The molecular weight excluding hydrogens is 166 g/mol. The van der Waals surface area contributed by atoms with Gasteiger partial charge < -0.3 is 15.3 Å². The lowest BCUT2D eigenvalue weighted by atomic mass is 10.9. The molecule has 0 aromatic rings. The van der Waals surface area contributed by atoms with Crippen molar-refractivity contribution in [2.45, 2.75) is 6.10 Å². The Morgan fingerprint density at radius 2 is 1.70 bits per heavy atom. The van der Waals surface area contributed by atoms with E-state index in [0.717, 1.165) is 0 Å². The van der Waals surface area contributed by atoms with Crippen molar-refractivity contribution in [3.63, 3.8) is 0 Å². The molecule has 0 aliphatic heterocycles. The highest BCUT2D eigenvalue weighted by molar-refractivity contribution is 7.85. The third kappa shape index (κ3) is 7.75. The van der Waals surface area contributed by atoms with Crippen LogP contribution in [0.15, 0.2) is 0 Å². The van der Waals surface area contributed by atoms with Gasteiger partial charge in [-0.25, -0.2) is 5.32 Å². The van der Waals surface area contributed by atoms with Crippen molar-refractivity contribution in [3.05, 3.63) is 0 Å². The van der Waals surface area contributed by atoms with Crippen molar-refractivity contribution < 1.29 is 28.3 Å².